The van der Waals surface area contributed by atoms with Gasteiger partial charge in [0.2, 0.25) is 0 Å². The van der Waals surface area contributed by atoms with Crippen LogP contribution in [0.4, 0.5) is 0 Å². The standard InChI is InChI=1S/C16H33NO3/c1-5-6-7-8-9-10-11-14(17-12-13-18)15(19)20-16(2,3)4/h14,17-18H,5-13H2,1-4H3. The molecular weight excluding hydrogens is 254 g/mol. The zero-order valence-corrected chi connectivity index (χ0v) is 13.7. The minimum absolute atomic E-state index is 0.0375. The first kappa shape index (κ1) is 19.4. The molecule has 20 heavy (non-hydrogen) atoms. The number of ether oxygens (including phenoxy) is 1. The van der Waals surface area contributed by atoms with Crippen LogP contribution in [-0.2, 0) is 9.53 Å². The molecule has 0 spiro atoms. The Labute approximate surface area is 124 Å². The predicted molar refractivity (Wildman–Crippen MR) is 82.7 cm³/mol. The normalized spacial score (nSPS) is 13.2. The first-order chi connectivity index (χ1) is 9.40. The van der Waals surface area contributed by atoms with Crippen molar-refractivity contribution in [3.63, 3.8) is 0 Å². The van der Waals surface area contributed by atoms with Crippen LogP contribution in [-0.4, -0.2) is 35.9 Å². The van der Waals surface area contributed by atoms with Crippen LogP contribution >= 0.6 is 0 Å². The van der Waals surface area contributed by atoms with Crippen LogP contribution in [0.1, 0.15) is 72.6 Å². The summed E-state index contributed by atoms with van der Waals surface area (Å²) in [5.74, 6) is -0.209. The van der Waals surface area contributed by atoms with Crippen LogP contribution in [0.5, 0.6) is 0 Å². The Hall–Kier alpha value is -0.610. The van der Waals surface area contributed by atoms with Gasteiger partial charge in [-0.25, -0.2) is 0 Å². The number of esters is 1. The lowest BCUT2D eigenvalue weighted by molar-refractivity contribution is -0.157. The van der Waals surface area contributed by atoms with E-state index in [2.05, 4.69) is 12.2 Å². The third-order valence-electron chi connectivity index (χ3n) is 3.04. The van der Waals surface area contributed by atoms with Gasteiger partial charge in [0.15, 0.2) is 0 Å². The van der Waals surface area contributed by atoms with Gasteiger partial charge in [-0.1, -0.05) is 45.4 Å². The zero-order chi connectivity index (χ0) is 15.4. The van der Waals surface area contributed by atoms with Crippen molar-refractivity contribution in [3.8, 4) is 0 Å². The molecule has 0 aromatic carbocycles. The second-order valence-electron chi connectivity index (χ2n) is 6.32. The van der Waals surface area contributed by atoms with Crippen LogP contribution in [0.2, 0.25) is 0 Å². The Kier molecular flexibility index (Phi) is 10.8. The summed E-state index contributed by atoms with van der Waals surface area (Å²) in [5.41, 5.74) is -0.461. The molecule has 0 rings (SSSR count). The second-order valence-corrected chi connectivity index (χ2v) is 6.32. The van der Waals surface area contributed by atoms with E-state index < -0.39 is 5.60 Å². The fourth-order valence-electron chi connectivity index (χ4n) is 2.04. The number of unbranched alkanes of at least 4 members (excludes halogenated alkanes) is 5. The average molecular weight is 287 g/mol. The van der Waals surface area contributed by atoms with Crippen molar-refractivity contribution >= 4 is 5.97 Å². The van der Waals surface area contributed by atoms with Gasteiger partial charge >= 0.3 is 5.97 Å². The molecule has 0 radical (unpaired) electrons. The SMILES string of the molecule is CCCCCCCCC(NCCO)C(=O)OC(C)(C)C. The lowest BCUT2D eigenvalue weighted by atomic mass is 10.1. The molecule has 120 valence electrons. The first-order valence-corrected chi connectivity index (χ1v) is 7.97. The lowest BCUT2D eigenvalue weighted by Gasteiger charge is -2.24. The number of carbonyl (C=O) groups excluding carboxylic acids is 1. The number of hydrogen-bond acceptors (Lipinski definition) is 4. The van der Waals surface area contributed by atoms with Crippen molar-refractivity contribution in [3.05, 3.63) is 0 Å². The molecular formula is C16H33NO3. The Balaban J connectivity index is 4.04. The summed E-state index contributed by atoms with van der Waals surface area (Å²) in [5, 5.41) is 12.0. The Morgan fingerprint density at radius 2 is 1.75 bits per heavy atom. The summed E-state index contributed by atoms with van der Waals surface area (Å²) in [6, 6.07) is -0.299. The maximum atomic E-state index is 12.1. The van der Waals surface area contributed by atoms with Crippen molar-refractivity contribution in [1.82, 2.24) is 5.32 Å². The quantitative estimate of drug-likeness (QED) is 0.453. The van der Waals surface area contributed by atoms with E-state index in [4.69, 9.17) is 9.84 Å². The highest BCUT2D eigenvalue weighted by Crippen LogP contribution is 2.13. The number of rotatable bonds is 11. The molecule has 4 heteroatoms. The highest BCUT2D eigenvalue weighted by Gasteiger charge is 2.24. The van der Waals surface area contributed by atoms with E-state index in [1.165, 1.54) is 25.7 Å². The molecule has 0 saturated carbocycles. The van der Waals surface area contributed by atoms with Gasteiger partial charge in [0.1, 0.15) is 11.6 Å². The van der Waals surface area contributed by atoms with Gasteiger partial charge in [-0.05, 0) is 27.2 Å². The largest absolute Gasteiger partial charge is 0.459 e. The maximum absolute atomic E-state index is 12.1. The highest BCUT2D eigenvalue weighted by molar-refractivity contribution is 5.76. The number of carbonyl (C=O) groups is 1. The molecule has 1 unspecified atom stereocenters. The van der Waals surface area contributed by atoms with E-state index in [9.17, 15) is 4.79 Å². The Bertz CT molecular complexity index is 249. The third kappa shape index (κ3) is 11.2. The van der Waals surface area contributed by atoms with Crippen molar-refractivity contribution in [1.29, 1.82) is 0 Å². The minimum atomic E-state index is -0.461. The average Bonchev–Trinajstić information content (AvgIpc) is 2.34. The van der Waals surface area contributed by atoms with Gasteiger partial charge < -0.3 is 15.2 Å². The smallest absolute Gasteiger partial charge is 0.323 e. The van der Waals surface area contributed by atoms with Crippen molar-refractivity contribution in [2.24, 2.45) is 0 Å². The van der Waals surface area contributed by atoms with Crippen LogP contribution in [0, 0.1) is 0 Å². The summed E-state index contributed by atoms with van der Waals surface area (Å²) in [6.45, 7) is 8.29. The summed E-state index contributed by atoms with van der Waals surface area (Å²) in [4.78, 5) is 12.1. The summed E-state index contributed by atoms with van der Waals surface area (Å²) in [7, 11) is 0. The summed E-state index contributed by atoms with van der Waals surface area (Å²) < 4.78 is 5.41. The van der Waals surface area contributed by atoms with Gasteiger partial charge in [0.25, 0.3) is 0 Å². The molecule has 0 fully saturated rings. The molecule has 4 nitrogen and oxygen atoms in total. The number of hydrogen-bond donors (Lipinski definition) is 2. The van der Waals surface area contributed by atoms with E-state index in [0.29, 0.717) is 6.54 Å². The molecule has 0 aromatic heterocycles. The van der Waals surface area contributed by atoms with Crippen molar-refractivity contribution in [2.75, 3.05) is 13.2 Å². The molecule has 2 N–H and O–H groups in total. The van der Waals surface area contributed by atoms with E-state index in [1.807, 2.05) is 20.8 Å². The predicted octanol–water partition coefficient (Wildman–Crippen LogP) is 3.03. The van der Waals surface area contributed by atoms with Crippen molar-refractivity contribution in [2.45, 2.75) is 84.3 Å². The maximum Gasteiger partial charge on any atom is 0.323 e. The molecule has 0 amide bonds. The molecule has 0 saturated heterocycles. The number of aliphatic hydroxyl groups excluding tert-OH is 1. The summed E-state index contributed by atoms with van der Waals surface area (Å²) in [6.07, 6.45) is 8.00. The number of aliphatic hydroxyl groups is 1. The molecule has 1 atom stereocenters. The lowest BCUT2D eigenvalue weighted by Crippen LogP contribution is -2.42. The van der Waals surface area contributed by atoms with Crippen LogP contribution in [0.15, 0.2) is 0 Å². The molecule has 0 aliphatic rings. The van der Waals surface area contributed by atoms with Gasteiger partial charge in [-0.15, -0.1) is 0 Å². The fraction of sp³-hybridized carbons (Fsp3) is 0.938. The number of nitrogens with one attached hydrogen (secondary N) is 1. The van der Waals surface area contributed by atoms with E-state index >= 15 is 0 Å². The zero-order valence-electron chi connectivity index (χ0n) is 13.7. The van der Waals surface area contributed by atoms with Gasteiger partial charge in [-0.2, -0.15) is 0 Å². The first-order valence-electron chi connectivity index (χ1n) is 7.97. The van der Waals surface area contributed by atoms with Crippen LogP contribution in [0.25, 0.3) is 0 Å². The molecule has 0 aliphatic heterocycles. The van der Waals surface area contributed by atoms with Crippen molar-refractivity contribution < 1.29 is 14.6 Å². The molecule has 0 heterocycles. The summed E-state index contributed by atoms with van der Waals surface area (Å²) >= 11 is 0. The molecule has 0 bridgehead atoms. The fourth-order valence-corrected chi connectivity index (χ4v) is 2.04. The topological polar surface area (TPSA) is 58.6 Å². The van der Waals surface area contributed by atoms with E-state index in [-0.39, 0.29) is 18.6 Å². The van der Waals surface area contributed by atoms with E-state index in [1.54, 1.807) is 0 Å². The molecule has 0 aliphatic carbocycles. The Morgan fingerprint density at radius 3 is 2.30 bits per heavy atom. The van der Waals surface area contributed by atoms with Gasteiger partial charge in [0.05, 0.1) is 6.61 Å². The minimum Gasteiger partial charge on any atom is -0.459 e. The highest BCUT2D eigenvalue weighted by atomic mass is 16.6. The van der Waals surface area contributed by atoms with Crippen LogP contribution < -0.4 is 5.32 Å². The van der Waals surface area contributed by atoms with E-state index in [0.717, 1.165) is 19.3 Å². The second kappa shape index (κ2) is 11.1. The van der Waals surface area contributed by atoms with Crippen LogP contribution in [0.3, 0.4) is 0 Å². The van der Waals surface area contributed by atoms with Gasteiger partial charge in [0, 0.05) is 6.54 Å². The monoisotopic (exact) mass is 287 g/mol. The molecule has 0 aromatic rings. The third-order valence-corrected chi connectivity index (χ3v) is 3.04. The van der Waals surface area contributed by atoms with Gasteiger partial charge in [-0.3, -0.25) is 4.79 Å². The Morgan fingerprint density at radius 1 is 1.15 bits per heavy atom.